The standard InChI is InChI=1S/C16H17F3N4O/c1-12-2-4-14(5-3-12)21-6-8-22(9-7-21)15(24)23-11-13(10-20-23)16(17,18)19/h2-5,10-11H,6-9H2,1H3. The highest BCUT2D eigenvalue weighted by atomic mass is 19.4. The van der Waals surface area contributed by atoms with Crippen LogP contribution in [-0.2, 0) is 6.18 Å². The molecule has 0 spiro atoms. The van der Waals surface area contributed by atoms with Crippen LogP contribution in [0.2, 0.25) is 0 Å². The number of aryl methyl sites for hydroxylation is 1. The predicted molar refractivity (Wildman–Crippen MR) is 83.0 cm³/mol. The second-order valence-corrected chi connectivity index (χ2v) is 5.76. The molecule has 128 valence electrons. The van der Waals surface area contributed by atoms with Gasteiger partial charge in [0.2, 0.25) is 0 Å². The molecule has 2 heterocycles. The zero-order valence-corrected chi connectivity index (χ0v) is 13.1. The fourth-order valence-electron chi connectivity index (χ4n) is 2.63. The topological polar surface area (TPSA) is 41.4 Å². The molecule has 0 unspecified atom stereocenters. The first kappa shape index (κ1) is 16.4. The summed E-state index contributed by atoms with van der Waals surface area (Å²) >= 11 is 0. The van der Waals surface area contributed by atoms with E-state index in [0.29, 0.717) is 32.4 Å². The third-order valence-electron chi connectivity index (χ3n) is 4.06. The van der Waals surface area contributed by atoms with E-state index in [1.165, 1.54) is 10.5 Å². The number of anilines is 1. The van der Waals surface area contributed by atoms with Crippen LogP contribution in [0.1, 0.15) is 11.1 Å². The van der Waals surface area contributed by atoms with Gasteiger partial charge >= 0.3 is 12.2 Å². The summed E-state index contributed by atoms with van der Waals surface area (Å²) in [4.78, 5) is 15.9. The zero-order valence-electron chi connectivity index (χ0n) is 13.1. The number of piperazine rings is 1. The van der Waals surface area contributed by atoms with Crippen LogP contribution in [0.5, 0.6) is 0 Å². The fraction of sp³-hybridized carbons (Fsp3) is 0.375. The number of nitrogens with zero attached hydrogens (tertiary/aromatic N) is 4. The number of rotatable bonds is 1. The van der Waals surface area contributed by atoms with Crippen molar-refractivity contribution >= 4 is 11.7 Å². The smallest absolute Gasteiger partial charge is 0.368 e. The van der Waals surface area contributed by atoms with Crippen molar-refractivity contribution in [1.82, 2.24) is 14.7 Å². The number of alkyl halides is 3. The predicted octanol–water partition coefficient (Wildman–Crippen LogP) is 3.00. The SMILES string of the molecule is Cc1ccc(N2CCN(C(=O)n3cc(C(F)(F)F)cn3)CC2)cc1. The van der Waals surface area contributed by atoms with E-state index in [1.807, 2.05) is 31.2 Å². The Labute approximate surface area is 137 Å². The van der Waals surface area contributed by atoms with Crippen LogP contribution in [0.15, 0.2) is 36.7 Å². The molecule has 1 amide bonds. The molecule has 3 rings (SSSR count). The molecule has 1 aromatic heterocycles. The number of halogens is 3. The maximum atomic E-state index is 12.6. The van der Waals surface area contributed by atoms with E-state index in [2.05, 4.69) is 10.00 Å². The van der Waals surface area contributed by atoms with Crippen LogP contribution in [0, 0.1) is 6.92 Å². The van der Waals surface area contributed by atoms with Gasteiger partial charge in [-0.1, -0.05) is 17.7 Å². The summed E-state index contributed by atoms with van der Waals surface area (Å²) in [6, 6.07) is 7.56. The van der Waals surface area contributed by atoms with Gasteiger partial charge in [-0.2, -0.15) is 23.0 Å². The van der Waals surface area contributed by atoms with E-state index in [4.69, 9.17) is 0 Å². The quantitative estimate of drug-likeness (QED) is 0.803. The first-order chi connectivity index (χ1) is 11.3. The Balaban J connectivity index is 1.63. The van der Waals surface area contributed by atoms with Crippen molar-refractivity contribution in [2.75, 3.05) is 31.1 Å². The van der Waals surface area contributed by atoms with Crippen molar-refractivity contribution < 1.29 is 18.0 Å². The monoisotopic (exact) mass is 338 g/mol. The summed E-state index contributed by atoms with van der Waals surface area (Å²) in [5, 5.41) is 3.54. The van der Waals surface area contributed by atoms with Gasteiger partial charge in [0.25, 0.3) is 0 Å². The van der Waals surface area contributed by atoms with Gasteiger partial charge in [-0.25, -0.2) is 4.79 Å². The van der Waals surface area contributed by atoms with Crippen molar-refractivity contribution in [2.45, 2.75) is 13.1 Å². The lowest BCUT2D eigenvalue weighted by molar-refractivity contribution is -0.137. The molecule has 0 bridgehead atoms. The number of hydrogen-bond donors (Lipinski definition) is 0. The summed E-state index contributed by atoms with van der Waals surface area (Å²) in [6.45, 7) is 4.14. The van der Waals surface area contributed by atoms with E-state index in [0.717, 1.165) is 16.6 Å². The molecule has 1 aliphatic heterocycles. The van der Waals surface area contributed by atoms with Crippen molar-refractivity contribution in [3.8, 4) is 0 Å². The molecule has 0 N–H and O–H groups in total. The minimum absolute atomic E-state index is 0.438. The molecule has 24 heavy (non-hydrogen) atoms. The van der Waals surface area contributed by atoms with Gasteiger partial charge in [-0.3, -0.25) is 0 Å². The fourth-order valence-corrected chi connectivity index (χ4v) is 2.63. The Hall–Kier alpha value is -2.51. The molecule has 5 nitrogen and oxygen atoms in total. The van der Waals surface area contributed by atoms with E-state index >= 15 is 0 Å². The number of carbonyl (C=O) groups excluding carboxylic acids is 1. The molecule has 0 radical (unpaired) electrons. The minimum Gasteiger partial charge on any atom is -0.368 e. The maximum absolute atomic E-state index is 12.6. The zero-order chi connectivity index (χ0) is 17.3. The average Bonchev–Trinajstić information content (AvgIpc) is 3.05. The number of hydrogen-bond acceptors (Lipinski definition) is 3. The van der Waals surface area contributed by atoms with E-state index in [1.54, 1.807) is 0 Å². The van der Waals surface area contributed by atoms with Crippen molar-refractivity contribution in [3.63, 3.8) is 0 Å². The molecule has 0 aliphatic carbocycles. The number of carbonyl (C=O) groups is 1. The Morgan fingerprint density at radius 1 is 1.08 bits per heavy atom. The largest absolute Gasteiger partial charge is 0.419 e. The Kier molecular flexibility index (Phi) is 4.21. The second kappa shape index (κ2) is 6.18. The number of amides is 1. The molecule has 1 aliphatic rings. The van der Waals surface area contributed by atoms with Crippen molar-refractivity contribution in [3.05, 3.63) is 47.8 Å². The van der Waals surface area contributed by atoms with Gasteiger partial charge in [0.15, 0.2) is 0 Å². The summed E-state index contributed by atoms with van der Waals surface area (Å²) in [5.74, 6) is 0. The third kappa shape index (κ3) is 3.37. The van der Waals surface area contributed by atoms with Crippen LogP contribution >= 0.6 is 0 Å². The van der Waals surface area contributed by atoms with Gasteiger partial charge in [0.05, 0.1) is 11.8 Å². The number of aromatic nitrogens is 2. The molecule has 0 saturated carbocycles. The molecule has 1 saturated heterocycles. The van der Waals surface area contributed by atoms with Gasteiger partial charge in [-0.15, -0.1) is 0 Å². The molecule has 0 atom stereocenters. The minimum atomic E-state index is -4.50. The van der Waals surface area contributed by atoms with Crippen LogP contribution < -0.4 is 4.90 Å². The van der Waals surface area contributed by atoms with Gasteiger partial charge in [0, 0.05) is 38.1 Å². The van der Waals surface area contributed by atoms with Crippen molar-refractivity contribution in [1.29, 1.82) is 0 Å². The Bertz CT molecular complexity index is 716. The van der Waals surface area contributed by atoms with Gasteiger partial charge < -0.3 is 9.80 Å². The molecule has 1 fully saturated rings. The lowest BCUT2D eigenvalue weighted by Crippen LogP contribution is -2.50. The van der Waals surface area contributed by atoms with Crippen LogP contribution in [0.3, 0.4) is 0 Å². The highest BCUT2D eigenvalue weighted by molar-refractivity contribution is 5.76. The average molecular weight is 338 g/mol. The highest BCUT2D eigenvalue weighted by Crippen LogP contribution is 2.28. The van der Waals surface area contributed by atoms with Crippen LogP contribution in [0.25, 0.3) is 0 Å². The summed E-state index contributed by atoms with van der Waals surface area (Å²) in [7, 11) is 0. The highest BCUT2D eigenvalue weighted by Gasteiger charge is 2.33. The Morgan fingerprint density at radius 2 is 1.71 bits per heavy atom. The number of benzene rings is 1. The lowest BCUT2D eigenvalue weighted by atomic mass is 10.2. The second-order valence-electron chi connectivity index (χ2n) is 5.76. The summed E-state index contributed by atoms with van der Waals surface area (Å²) in [6.07, 6.45) is -3.10. The van der Waals surface area contributed by atoms with Gasteiger partial charge in [0.1, 0.15) is 0 Å². The molecule has 1 aromatic carbocycles. The first-order valence-corrected chi connectivity index (χ1v) is 7.57. The maximum Gasteiger partial charge on any atom is 0.419 e. The first-order valence-electron chi connectivity index (χ1n) is 7.57. The third-order valence-corrected chi connectivity index (χ3v) is 4.06. The molecule has 8 heteroatoms. The molecule has 2 aromatic rings. The summed E-state index contributed by atoms with van der Waals surface area (Å²) in [5.41, 5.74) is 1.33. The van der Waals surface area contributed by atoms with Crippen molar-refractivity contribution in [2.24, 2.45) is 0 Å². The van der Waals surface area contributed by atoms with E-state index in [-0.39, 0.29) is 0 Å². The Morgan fingerprint density at radius 3 is 2.25 bits per heavy atom. The normalized spacial score (nSPS) is 15.7. The summed E-state index contributed by atoms with van der Waals surface area (Å²) < 4.78 is 38.5. The molecular formula is C16H17F3N4O. The van der Waals surface area contributed by atoms with Crippen LogP contribution in [0.4, 0.5) is 23.7 Å². The van der Waals surface area contributed by atoms with E-state index < -0.39 is 17.8 Å². The van der Waals surface area contributed by atoms with Crippen LogP contribution in [-0.4, -0.2) is 46.9 Å². The van der Waals surface area contributed by atoms with E-state index in [9.17, 15) is 18.0 Å². The molecular weight excluding hydrogens is 321 g/mol. The lowest BCUT2D eigenvalue weighted by Gasteiger charge is -2.35. The van der Waals surface area contributed by atoms with Gasteiger partial charge in [-0.05, 0) is 19.1 Å².